The topological polar surface area (TPSA) is 18.5 Å². The number of hydrogen-bond donors (Lipinski definition) is 0. The second-order valence-corrected chi connectivity index (χ2v) is 7.88. The highest BCUT2D eigenvalue weighted by Gasteiger charge is 2.44. The Bertz CT molecular complexity index is 780. The van der Waals surface area contributed by atoms with E-state index in [1.807, 2.05) is 24.3 Å². The molecule has 136 valence electrons. The van der Waals surface area contributed by atoms with Crippen LogP contribution in [0.2, 0.25) is 0 Å². The monoisotopic (exact) mass is 348 g/mol. The SMILES string of the molecule is CC1=C[C@H](C)[C@@H]2CO[C@@H](c3ccccc3OCc3ccccc3)[C@@H]1[C@@H]2C. The minimum absolute atomic E-state index is 0.0805. The van der Waals surface area contributed by atoms with Gasteiger partial charge in [0.2, 0.25) is 0 Å². The third-order valence-electron chi connectivity index (χ3n) is 6.23. The molecule has 0 amide bonds. The Labute approximate surface area is 156 Å². The maximum Gasteiger partial charge on any atom is 0.125 e. The van der Waals surface area contributed by atoms with Crippen LogP contribution in [0.5, 0.6) is 5.75 Å². The van der Waals surface area contributed by atoms with Crippen LogP contribution in [0.3, 0.4) is 0 Å². The van der Waals surface area contributed by atoms with Gasteiger partial charge in [0.1, 0.15) is 12.4 Å². The van der Waals surface area contributed by atoms with Crippen molar-refractivity contribution in [3.63, 3.8) is 0 Å². The van der Waals surface area contributed by atoms with Crippen molar-refractivity contribution < 1.29 is 9.47 Å². The lowest BCUT2D eigenvalue weighted by Gasteiger charge is -2.47. The van der Waals surface area contributed by atoms with E-state index in [1.165, 1.54) is 16.7 Å². The van der Waals surface area contributed by atoms with Gasteiger partial charge in [-0.3, -0.25) is 0 Å². The fourth-order valence-corrected chi connectivity index (χ4v) is 4.81. The lowest BCUT2D eigenvalue weighted by molar-refractivity contribution is -0.0942. The molecule has 0 radical (unpaired) electrons. The van der Waals surface area contributed by atoms with Crippen LogP contribution in [0, 0.1) is 23.7 Å². The first-order valence-corrected chi connectivity index (χ1v) is 9.70. The largest absolute Gasteiger partial charge is 0.489 e. The Morgan fingerprint density at radius 3 is 2.54 bits per heavy atom. The maximum absolute atomic E-state index is 6.41. The van der Waals surface area contributed by atoms with Gasteiger partial charge < -0.3 is 9.47 Å². The number of fused-ring (bicyclic) bond motifs is 2. The van der Waals surface area contributed by atoms with Crippen molar-refractivity contribution in [1.29, 1.82) is 0 Å². The number of benzene rings is 2. The van der Waals surface area contributed by atoms with E-state index in [1.54, 1.807) is 0 Å². The normalized spacial score (nSPS) is 30.6. The highest BCUT2D eigenvalue weighted by molar-refractivity contribution is 5.38. The van der Waals surface area contributed by atoms with Gasteiger partial charge >= 0.3 is 0 Å². The molecule has 1 aliphatic carbocycles. The van der Waals surface area contributed by atoms with E-state index >= 15 is 0 Å². The quantitative estimate of drug-likeness (QED) is 0.650. The van der Waals surface area contributed by atoms with E-state index in [0.717, 1.165) is 12.4 Å². The summed E-state index contributed by atoms with van der Waals surface area (Å²) in [6.07, 6.45) is 2.54. The number of ether oxygens (including phenoxy) is 2. The number of allylic oxidation sites excluding steroid dienone is 1. The van der Waals surface area contributed by atoms with Crippen molar-refractivity contribution in [3.05, 3.63) is 77.4 Å². The first-order valence-electron chi connectivity index (χ1n) is 9.70. The molecule has 1 fully saturated rings. The zero-order valence-corrected chi connectivity index (χ0v) is 15.9. The predicted octanol–water partition coefficient (Wildman–Crippen LogP) is 5.80. The molecule has 0 saturated carbocycles. The summed E-state index contributed by atoms with van der Waals surface area (Å²) in [6.45, 7) is 8.40. The van der Waals surface area contributed by atoms with Crippen molar-refractivity contribution in [3.8, 4) is 5.75 Å². The minimum Gasteiger partial charge on any atom is -0.489 e. The van der Waals surface area contributed by atoms with Crippen LogP contribution in [-0.4, -0.2) is 6.61 Å². The van der Waals surface area contributed by atoms with E-state index in [2.05, 4.69) is 57.2 Å². The summed E-state index contributed by atoms with van der Waals surface area (Å²) in [5.41, 5.74) is 3.83. The van der Waals surface area contributed by atoms with Crippen molar-refractivity contribution in [2.24, 2.45) is 23.7 Å². The molecule has 1 aliphatic heterocycles. The molecule has 4 rings (SSSR count). The predicted molar refractivity (Wildman–Crippen MR) is 105 cm³/mol. The molecule has 0 spiro atoms. The zero-order chi connectivity index (χ0) is 18.1. The second-order valence-electron chi connectivity index (χ2n) is 7.88. The molecule has 0 unspecified atom stereocenters. The van der Waals surface area contributed by atoms with E-state index in [-0.39, 0.29) is 6.10 Å². The summed E-state index contributed by atoms with van der Waals surface area (Å²) >= 11 is 0. The molecular weight excluding hydrogens is 320 g/mol. The van der Waals surface area contributed by atoms with Gasteiger partial charge in [-0.2, -0.15) is 0 Å². The fourth-order valence-electron chi connectivity index (χ4n) is 4.81. The third-order valence-corrected chi connectivity index (χ3v) is 6.23. The number of rotatable bonds is 4. The van der Waals surface area contributed by atoms with E-state index in [0.29, 0.717) is 30.3 Å². The lowest BCUT2D eigenvalue weighted by atomic mass is 9.64. The van der Waals surface area contributed by atoms with E-state index in [9.17, 15) is 0 Å². The van der Waals surface area contributed by atoms with Crippen molar-refractivity contribution in [1.82, 2.24) is 0 Å². The first kappa shape index (κ1) is 17.4. The minimum atomic E-state index is 0.0805. The molecule has 2 aromatic carbocycles. The van der Waals surface area contributed by atoms with Crippen LogP contribution >= 0.6 is 0 Å². The maximum atomic E-state index is 6.41. The molecule has 2 nitrogen and oxygen atoms in total. The van der Waals surface area contributed by atoms with Gasteiger partial charge in [-0.15, -0.1) is 0 Å². The van der Waals surface area contributed by atoms with E-state index < -0.39 is 0 Å². The van der Waals surface area contributed by atoms with Crippen molar-refractivity contribution in [2.45, 2.75) is 33.5 Å². The average molecular weight is 348 g/mol. The summed E-state index contributed by atoms with van der Waals surface area (Å²) < 4.78 is 12.6. The summed E-state index contributed by atoms with van der Waals surface area (Å²) in [4.78, 5) is 0. The summed E-state index contributed by atoms with van der Waals surface area (Å²) in [5, 5.41) is 0. The van der Waals surface area contributed by atoms with Gasteiger partial charge in [-0.1, -0.05) is 74.0 Å². The number of hydrogen-bond acceptors (Lipinski definition) is 2. The highest BCUT2D eigenvalue weighted by atomic mass is 16.5. The molecule has 2 aromatic rings. The zero-order valence-electron chi connectivity index (χ0n) is 15.9. The standard InChI is InChI=1S/C24H28O2/c1-16-13-17(2)23-18(3)21(16)15-26-24(23)20-11-7-8-12-22(20)25-14-19-9-5-4-6-10-19/h4-13,16,18,21,23-24H,14-15H2,1-3H3/t16-,18+,21-,23-,24-/m0/s1. The third kappa shape index (κ3) is 3.19. The Kier molecular flexibility index (Phi) is 4.86. The Balaban J connectivity index is 1.61. The van der Waals surface area contributed by atoms with Gasteiger partial charge in [0.25, 0.3) is 0 Å². The molecule has 2 bridgehead atoms. The van der Waals surface area contributed by atoms with Gasteiger partial charge in [0.15, 0.2) is 0 Å². The van der Waals surface area contributed by atoms with Gasteiger partial charge in [0.05, 0.1) is 12.7 Å². The van der Waals surface area contributed by atoms with Crippen LogP contribution < -0.4 is 4.74 Å². The first-order chi connectivity index (χ1) is 12.6. The molecule has 2 heteroatoms. The summed E-state index contributed by atoms with van der Waals surface area (Å²) in [7, 11) is 0. The van der Waals surface area contributed by atoms with Gasteiger partial charge in [-0.05, 0) is 36.3 Å². The second kappa shape index (κ2) is 7.28. The lowest BCUT2D eigenvalue weighted by Crippen LogP contribution is -2.42. The van der Waals surface area contributed by atoms with Crippen molar-refractivity contribution >= 4 is 0 Å². The Morgan fingerprint density at radius 1 is 1.00 bits per heavy atom. The molecule has 26 heavy (non-hydrogen) atoms. The molecular formula is C24H28O2. The summed E-state index contributed by atoms with van der Waals surface area (Å²) in [5.74, 6) is 3.24. The van der Waals surface area contributed by atoms with Crippen LogP contribution in [0.4, 0.5) is 0 Å². The van der Waals surface area contributed by atoms with E-state index in [4.69, 9.17) is 9.47 Å². The molecule has 1 saturated heterocycles. The fraction of sp³-hybridized carbons (Fsp3) is 0.417. The molecule has 0 N–H and O–H groups in total. The smallest absolute Gasteiger partial charge is 0.125 e. The van der Waals surface area contributed by atoms with Crippen LogP contribution in [0.1, 0.15) is 38.0 Å². The van der Waals surface area contributed by atoms with Gasteiger partial charge in [0, 0.05) is 11.5 Å². The van der Waals surface area contributed by atoms with Crippen molar-refractivity contribution in [2.75, 3.05) is 6.61 Å². The summed E-state index contributed by atoms with van der Waals surface area (Å²) in [6, 6.07) is 18.7. The van der Waals surface area contributed by atoms with Crippen LogP contribution in [-0.2, 0) is 11.3 Å². The molecule has 1 heterocycles. The van der Waals surface area contributed by atoms with Crippen LogP contribution in [0.15, 0.2) is 66.2 Å². The van der Waals surface area contributed by atoms with Crippen LogP contribution in [0.25, 0.3) is 0 Å². The highest BCUT2D eigenvalue weighted by Crippen LogP contribution is 2.51. The average Bonchev–Trinajstić information content (AvgIpc) is 2.65. The molecule has 2 aliphatic rings. The van der Waals surface area contributed by atoms with Gasteiger partial charge in [-0.25, -0.2) is 0 Å². The molecule has 0 aromatic heterocycles. The Hall–Kier alpha value is -2.06. The molecule has 5 atom stereocenters. The number of para-hydroxylation sites is 1. The Morgan fingerprint density at radius 2 is 1.73 bits per heavy atom.